The van der Waals surface area contributed by atoms with Gasteiger partial charge in [0.2, 0.25) is 0 Å². The molecule has 0 aliphatic carbocycles. The van der Waals surface area contributed by atoms with Crippen LogP contribution in [0, 0.1) is 0 Å². The lowest BCUT2D eigenvalue weighted by molar-refractivity contribution is 1.40. The lowest BCUT2D eigenvalue weighted by atomic mass is 10.0. The standard InChI is InChI=1S/C15H7N5/c1-2-11-14(19-6-17-11)9-5-16-10-3-4-12-15(20-7-18-12)13(10)8(1)9/h1-7H. The van der Waals surface area contributed by atoms with Crippen LogP contribution >= 0.6 is 0 Å². The highest BCUT2D eigenvalue weighted by Crippen LogP contribution is 2.30. The largest absolute Gasteiger partial charge is 0.255 e. The quantitative estimate of drug-likeness (QED) is 0.568. The van der Waals surface area contributed by atoms with Gasteiger partial charge in [0.15, 0.2) is 0 Å². The van der Waals surface area contributed by atoms with Gasteiger partial charge in [-0.3, -0.25) is 4.98 Å². The van der Waals surface area contributed by atoms with Crippen molar-refractivity contribution in [3.8, 4) is 0 Å². The monoisotopic (exact) mass is 257 g/mol. The first-order valence-electron chi connectivity index (χ1n) is 6.27. The van der Waals surface area contributed by atoms with Crippen molar-refractivity contribution in [1.29, 1.82) is 0 Å². The molecule has 0 radical (unpaired) electrons. The smallest absolute Gasteiger partial charge is 0.116 e. The predicted molar refractivity (Wildman–Crippen MR) is 77.9 cm³/mol. The number of hydrogen-bond donors (Lipinski definition) is 0. The van der Waals surface area contributed by atoms with Crippen LogP contribution in [0.3, 0.4) is 0 Å². The zero-order valence-corrected chi connectivity index (χ0v) is 10.3. The average Bonchev–Trinajstić information content (AvgIpc) is 3.14. The molecular formula is C15H7N5. The Balaban J connectivity index is 2.12. The Hall–Kier alpha value is -2.95. The van der Waals surface area contributed by atoms with Crippen LogP contribution < -0.4 is 10.7 Å². The van der Waals surface area contributed by atoms with E-state index in [1.54, 1.807) is 12.7 Å². The van der Waals surface area contributed by atoms with Crippen LogP contribution in [0.5, 0.6) is 0 Å². The van der Waals surface area contributed by atoms with Crippen LogP contribution in [-0.2, 0) is 0 Å². The molecule has 1 aromatic heterocycles. The van der Waals surface area contributed by atoms with Gasteiger partial charge in [0, 0.05) is 17.0 Å². The van der Waals surface area contributed by atoms with Crippen molar-refractivity contribution in [3.05, 3.63) is 41.2 Å². The molecule has 0 fully saturated rings. The van der Waals surface area contributed by atoms with E-state index in [0.29, 0.717) is 0 Å². The second-order valence-electron chi connectivity index (χ2n) is 4.73. The molecule has 5 rings (SSSR count). The van der Waals surface area contributed by atoms with Crippen molar-refractivity contribution in [1.82, 2.24) is 4.98 Å². The summed E-state index contributed by atoms with van der Waals surface area (Å²) in [5.41, 5.74) is 2.70. The number of nitrogens with zero attached hydrogens (tertiary/aromatic N) is 5. The summed E-state index contributed by atoms with van der Waals surface area (Å²) in [5, 5.41) is 4.90. The first-order valence-corrected chi connectivity index (χ1v) is 6.27. The number of pyridine rings is 1. The number of hydrogen-bond acceptors (Lipinski definition) is 5. The first-order chi connectivity index (χ1) is 9.92. The average molecular weight is 257 g/mol. The summed E-state index contributed by atoms with van der Waals surface area (Å²) in [5.74, 6) is 0. The third-order valence-corrected chi connectivity index (χ3v) is 3.70. The molecule has 92 valence electrons. The molecule has 0 atom stereocenters. The molecular weight excluding hydrogens is 250 g/mol. The van der Waals surface area contributed by atoms with Crippen LogP contribution in [0.1, 0.15) is 0 Å². The van der Waals surface area contributed by atoms with Gasteiger partial charge in [0.25, 0.3) is 0 Å². The summed E-state index contributed by atoms with van der Waals surface area (Å²) in [7, 11) is 0. The van der Waals surface area contributed by atoms with Crippen molar-refractivity contribution in [2.24, 2.45) is 20.0 Å². The van der Waals surface area contributed by atoms with Crippen molar-refractivity contribution in [2.75, 3.05) is 0 Å². The van der Waals surface area contributed by atoms with Crippen LogP contribution in [0.15, 0.2) is 50.4 Å². The minimum absolute atomic E-state index is 0.883. The van der Waals surface area contributed by atoms with Crippen molar-refractivity contribution in [2.45, 2.75) is 0 Å². The van der Waals surface area contributed by atoms with Crippen LogP contribution in [0.25, 0.3) is 21.7 Å². The molecule has 3 heterocycles. The second kappa shape index (κ2) is 3.33. The first kappa shape index (κ1) is 9.91. The maximum absolute atomic E-state index is 4.53. The van der Waals surface area contributed by atoms with Crippen LogP contribution in [0.2, 0.25) is 0 Å². The van der Waals surface area contributed by atoms with Crippen LogP contribution in [-0.4, -0.2) is 17.7 Å². The molecule has 0 saturated heterocycles. The molecule has 3 aromatic rings. The van der Waals surface area contributed by atoms with Gasteiger partial charge < -0.3 is 0 Å². The third kappa shape index (κ3) is 1.10. The second-order valence-corrected chi connectivity index (χ2v) is 4.73. The van der Waals surface area contributed by atoms with E-state index in [-0.39, 0.29) is 0 Å². The summed E-state index contributed by atoms with van der Waals surface area (Å²) in [6.45, 7) is 0. The molecule has 2 aliphatic heterocycles. The van der Waals surface area contributed by atoms with E-state index in [4.69, 9.17) is 0 Å². The lowest BCUT2D eigenvalue weighted by Crippen LogP contribution is -2.03. The zero-order chi connectivity index (χ0) is 13.1. The molecule has 0 N–H and O–H groups in total. The van der Waals surface area contributed by atoms with E-state index in [0.717, 1.165) is 43.8 Å². The number of aromatic nitrogens is 1. The molecule has 0 unspecified atom stereocenters. The topological polar surface area (TPSA) is 62.3 Å². The Kier molecular flexibility index (Phi) is 1.65. The molecule has 20 heavy (non-hydrogen) atoms. The molecule has 2 aliphatic rings. The Morgan fingerprint density at radius 3 is 2.75 bits per heavy atom. The van der Waals surface area contributed by atoms with Crippen LogP contribution in [0.4, 0.5) is 11.4 Å². The van der Waals surface area contributed by atoms with E-state index in [1.165, 1.54) is 0 Å². The Morgan fingerprint density at radius 1 is 0.800 bits per heavy atom. The predicted octanol–water partition coefficient (Wildman–Crippen LogP) is 1.97. The van der Waals surface area contributed by atoms with E-state index in [9.17, 15) is 0 Å². The SMILES string of the molecule is C1=Nc2ccc3c(cnc4ccc5c(c43)N=CN=5)c2=N1. The molecule has 2 aromatic carbocycles. The zero-order valence-electron chi connectivity index (χ0n) is 10.3. The Morgan fingerprint density at radius 2 is 1.75 bits per heavy atom. The molecule has 0 saturated carbocycles. The Labute approximate surface area is 112 Å². The summed E-state index contributed by atoms with van der Waals surface area (Å²) in [6, 6.07) is 7.97. The van der Waals surface area contributed by atoms with Gasteiger partial charge in [-0.05, 0) is 23.6 Å². The molecule has 0 spiro atoms. The van der Waals surface area contributed by atoms with Gasteiger partial charge >= 0.3 is 0 Å². The summed E-state index contributed by atoms with van der Waals surface area (Å²) in [6.07, 6.45) is 5.03. The highest BCUT2D eigenvalue weighted by Gasteiger charge is 2.13. The van der Waals surface area contributed by atoms with Gasteiger partial charge in [-0.1, -0.05) is 6.07 Å². The van der Waals surface area contributed by atoms with E-state index in [2.05, 4.69) is 31.0 Å². The van der Waals surface area contributed by atoms with Gasteiger partial charge in [-0.15, -0.1) is 0 Å². The van der Waals surface area contributed by atoms with Crippen molar-refractivity contribution < 1.29 is 0 Å². The molecule has 5 nitrogen and oxygen atoms in total. The lowest BCUT2D eigenvalue weighted by Gasteiger charge is -2.05. The fourth-order valence-electron chi connectivity index (χ4n) is 2.79. The van der Waals surface area contributed by atoms with Crippen molar-refractivity contribution in [3.63, 3.8) is 0 Å². The third-order valence-electron chi connectivity index (χ3n) is 3.70. The maximum atomic E-state index is 4.53. The summed E-state index contributed by atoms with van der Waals surface area (Å²) in [4.78, 5) is 21.7. The van der Waals surface area contributed by atoms with Gasteiger partial charge in [-0.2, -0.15) is 0 Å². The number of aliphatic imine (C=N–C) groups is 2. The molecule has 0 bridgehead atoms. The normalized spacial score (nSPS) is 14.4. The van der Waals surface area contributed by atoms with E-state index < -0.39 is 0 Å². The van der Waals surface area contributed by atoms with Crippen molar-refractivity contribution >= 4 is 45.7 Å². The minimum Gasteiger partial charge on any atom is -0.255 e. The number of benzene rings is 2. The fourth-order valence-corrected chi connectivity index (χ4v) is 2.79. The van der Waals surface area contributed by atoms with E-state index >= 15 is 0 Å². The van der Waals surface area contributed by atoms with Gasteiger partial charge in [0.1, 0.15) is 18.4 Å². The van der Waals surface area contributed by atoms with Gasteiger partial charge in [0.05, 0.1) is 21.9 Å². The highest BCUT2D eigenvalue weighted by molar-refractivity contribution is 6.12. The molecule has 5 heteroatoms. The number of rotatable bonds is 0. The minimum atomic E-state index is 0.883. The Bertz CT molecular complexity index is 1090. The van der Waals surface area contributed by atoms with Gasteiger partial charge in [-0.25, -0.2) is 20.0 Å². The summed E-state index contributed by atoms with van der Waals surface area (Å²) >= 11 is 0. The molecule has 0 amide bonds. The fraction of sp³-hybridized carbons (Fsp3) is 0. The highest BCUT2D eigenvalue weighted by atomic mass is 14.9. The van der Waals surface area contributed by atoms with E-state index in [1.807, 2.05) is 24.4 Å². The number of fused-ring (bicyclic) bond motifs is 7. The summed E-state index contributed by atoms with van der Waals surface area (Å²) < 4.78 is 0. The maximum Gasteiger partial charge on any atom is 0.116 e.